The van der Waals surface area contributed by atoms with Crippen molar-refractivity contribution in [3.63, 3.8) is 0 Å². The number of halogens is 2. The van der Waals surface area contributed by atoms with Gasteiger partial charge in [0, 0.05) is 10.0 Å². The fraction of sp³-hybridized carbons (Fsp3) is 0.276. The predicted molar refractivity (Wildman–Crippen MR) is 155 cm³/mol. The van der Waals surface area contributed by atoms with E-state index in [4.69, 9.17) is 37.4 Å². The molecule has 10 heteroatoms. The molecule has 39 heavy (non-hydrogen) atoms. The van der Waals surface area contributed by atoms with Crippen LogP contribution in [0.4, 0.5) is 0 Å². The number of ether oxygens (including phenoxy) is 3. The number of hydrogen-bond acceptors (Lipinski definition) is 7. The minimum atomic E-state index is -0.806. The maximum atomic E-state index is 13.8. The molecular formula is C29H28Cl2N2O5S. The molecule has 0 saturated heterocycles. The number of benzene rings is 2. The Labute approximate surface area is 240 Å². The molecule has 3 aromatic rings. The number of thiazole rings is 1. The number of unbranched alkanes of at least 4 members (excludes halogenated alkanes) is 1. The van der Waals surface area contributed by atoms with Crippen molar-refractivity contribution >= 4 is 46.6 Å². The molecule has 7 nitrogen and oxygen atoms in total. The van der Waals surface area contributed by atoms with Crippen molar-refractivity contribution < 1.29 is 19.0 Å². The first-order valence-corrected chi connectivity index (χ1v) is 13.9. The Morgan fingerprint density at radius 3 is 2.69 bits per heavy atom. The van der Waals surface area contributed by atoms with Gasteiger partial charge in [-0.2, -0.15) is 0 Å². The molecule has 0 spiro atoms. The minimum Gasteiger partial charge on any atom is -0.493 e. The molecule has 0 bridgehead atoms. The Morgan fingerprint density at radius 2 is 2.00 bits per heavy atom. The number of esters is 1. The number of allylic oxidation sites excluding steroid dienone is 1. The molecule has 1 aromatic heterocycles. The third-order valence-corrected chi connectivity index (χ3v) is 7.63. The van der Waals surface area contributed by atoms with E-state index >= 15 is 0 Å². The van der Waals surface area contributed by atoms with Crippen LogP contribution in [0, 0.1) is 0 Å². The summed E-state index contributed by atoms with van der Waals surface area (Å²) in [7, 11) is 1.55. The van der Waals surface area contributed by atoms with E-state index in [-0.39, 0.29) is 17.7 Å². The van der Waals surface area contributed by atoms with Crippen LogP contribution in [0.5, 0.6) is 11.5 Å². The van der Waals surface area contributed by atoms with Crippen LogP contribution in [0.15, 0.2) is 70.1 Å². The van der Waals surface area contributed by atoms with Crippen LogP contribution >= 0.6 is 34.5 Å². The average Bonchev–Trinajstić information content (AvgIpc) is 3.22. The summed E-state index contributed by atoms with van der Waals surface area (Å²) in [5.41, 5.74) is 1.67. The Hall–Kier alpha value is -3.33. The maximum Gasteiger partial charge on any atom is 0.338 e. The highest BCUT2D eigenvalue weighted by atomic mass is 35.5. The summed E-state index contributed by atoms with van der Waals surface area (Å²) in [5.74, 6) is 0.488. The first kappa shape index (κ1) is 28.7. The summed E-state index contributed by atoms with van der Waals surface area (Å²) >= 11 is 13.6. The predicted octanol–water partition coefficient (Wildman–Crippen LogP) is 5.46. The van der Waals surface area contributed by atoms with E-state index in [1.54, 1.807) is 50.4 Å². The number of fused-ring (bicyclic) bond motifs is 1. The quantitative estimate of drug-likeness (QED) is 0.179. The van der Waals surface area contributed by atoms with Crippen molar-refractivity contribution in [2.24, 2.45) is 4.99 Å². The van der Waals surface area contributed by atoms with Crippen molar-refractivity contribution in [2.45, 2.75) is 32.7 Å². The highest BCUT2D eigenvalue weighted by Crippen LogP contribution is 2.36. The van der Waals surface area contributed by atoms with Crippen LogP contribution in [-0.4, -0.2) is 30.9 Å². The van der Waals surface area contributed by atoms with Crippen LogP contribution in [0.2, 0.25) is 10.0 Å². The lowest BCUT2D eigenvalue weighted by atomic mass is 9.95. The number of aromatic nitrogens is 1. The molecule has 1 unspecified atom stereocenters. The van der Waals surface area contributed by atoms with Gasteiger partial charge in [-0.15, -0.1) is 0 Å². The second kappa shape index (κ2) is 12.7. The van der Waals surface area contributed by atoms with Crippen molar-refractivity contribution in [1.29, 1.82) is 0 Å². The molecule has 4 rings (SSSR count). The van der Waals surface area contributed by atoms with Gasteiger partial charge in [0.15, 0.2) is 16.3 Å². The van der Waals surface area contributed by atoms with Gasteiger partial charge in [0.05, 0.1) is 35.6 Å². The fourth-order valence-electron chi connectivity index (χ4n) is 4.17. The highest BCUT2D eigenvalue weighted by molar-refractivity contribution is 7.07. The Bertz CT molecular complexity index is 1620. The normalized spacial score (nSPS) is 15.0. The minimum absolute atomic E-state index is 0.0232. The van der Waals surface area contributed by atoms with Gasteiger partial charge in [0.1, 0.15) is 6.61 Å². The molecule has 1 aliphatic rings. The van der Waals surface area contributed by atoms with E-state index in [0.29, 0.717) is 54.3 Å². The van der Waals surface area contributed by atoms with Crippen LogP contribution in [-0.2, 0) is 9.53 Å². The topological polar surface area (TPSA) is 79.1 Å². The maximum absolute atomic E-state index is 13.8. The third-order valence-electron chi connectivity index (χ3n) is 6.08. The SMILES string of the molecule is C=CCOC(=O)C1=C(C)N=c2sc(=Cc3ccc(Cl)cc3Cl)c(=O)n2C1c1ccc(OCCCC)c(OC)c1. The lowest BCUT2D eigenvalue weighted by molar-refractivity contribution is -0.138. The summed E-state index contributed by atoms with van der Waals surface area (Å²) in [6, 6.07) is 9.64. The van der Waals surface area contributed by atoms with Gasteiger partial charge in [0.25, 0.3) is 5.56 Å². The van der Waals surface area contributed by atoms with E-state index in [1.165, 1.54) is 22.0 Å². The van der Waals surface area contributed by atoms with E-state index in [1.807, 2.05) is 6.07 Å². The van der Waals surface area contributed by atoms with E-state index in [2.05, 4.69) is 18.5 Å². The van der Waals surface area contributed by atoms with Crippen LogP contribution in [0.3, 0.4) is 0 Å². The first-order valence-electron chi connectivity index (χ1n) is 12.3. The molecule has 0 saturated carbocycles. The molecule has 1 atom stereocenters. The molecule has 0 aliphatic carbocycles. The molecule has 0 radical (unpaired) electrons. The third kappa shape index (κ3) is 6.13. The fourth-order valence-corrected chi connectivity index (χ4v) is 5.67. The van der Waals surface area contributed by atoms with Crippen molar-refractivity contribution in [3.05, 3.63) is 101 Å². The van der Waals surface area contributed by atoms with Crippen molar-refractivity contribution in [2.75, 3.05) is 20.3 Å². The average molecular weight is 588 g/mol. The molecule has 0 N–H and O–H groups in total. The largest absolute Gasteiger partial charge is 0.493 e. The van der Waals surface area contributed by atoms with Crippen molar-refractivity contribution in [1.82, 2.24) is 4.57 Å². The second-order valence-corrected chi connectivity index (χ2v) is 10.6. The van der Waals surface area contributed by atoms with Crippen LogP contribution < -0.4 is 24.4 Å². The number of hydrogen-bond donors (Lipinski definition) is 0. The molecule has 0 amide bonds. The lowest BCUT2D eigenvalue weighted by Crippen LogP contribution is -2.40. The molecule has 204 valence electrons. The summed E-state index contributed by atoms with van der Waals surface area (Å²) in [6.45, 7) is 8.00. The zero-order valence-electron chi connectivity index (χ0n) is 21.8. The van der Waals surface area contributed by atoms with Gasteiger partial charge in [0.2, 0.25) is 0 Å². The summed E-state index contributed by atoms with van der Waals surface area (Å²) in [4.78, 5) is 32.1. The zero-order chi connectivity index (χ0) is 28.1. The van der Waals surface area contributed by atoms with Crippen LogP contribution in [0.1, 0.15) is 43.9 Å². The Balaban J connectivity index is 1.90. The Kier molecular flexibility index (Phi) is 9.32. The van der Waals surface area contributed by atoms with Gasteiger partial charge >= 0.3 is 5.97 Å². The summed E-state index contributed by atoms with van der Waals surface area (Å²) in [5, 5.41) is 0.908. The van der Waals surface area contributed by atoms with Gasteiger partial charge in [-0.25, -0.2) is 9.79 Å². The first-order chi connectivity index (χ1) is 18.8. The van der Waals surface area contributed by atoms with Gasteiger partial charge in [-0.1, -0.05) is 72.7 Å². The van der Waals surface area contributed by atoms with Gasteiger partial charge < -0.3 is 14.2 Å². The van der Waals surface area contributed by atoms with Gasteiger partial charge in [-0.05, 0) is 54.8 Å². The molecular weight excluding hydrogens is 559 g/mol. The number of methoxy groups -OCH3 is 1. The van der Waals surface area contributed by atoms with E-state index in [9.17, 15) is 9.59 Å². The van der Waals surface area contributed by atoms with Gasteiger partial charge in [-0.3, -0.25) is 9.36 Å². The molecule has 0 fully saturated rings. The smallest absolute Gasteiger partial charge is 0.338 e. The number of carbonyl (C=O) groups excluding carboxylic acids is 1. The zero-order valence-corrected chi connectivity index (χ0v) is 24.2. The van der Waals surface area contributed by atoms with E-state index < -0.39 is 12.0 Å². The lowest BCUT2D eigenvalue weighted by Gasteiger charge is -2.25. The van der Waals surface area contributed by atoms with Crippen molar-refractivity contribution in [3.8, 4) is 11.5 Å². The summed E-state index contributed by atoms with van der Waals surface area (Å²) in [6.07, 6.45) is 5.08. The van der Waals surface area contributed by atoms with E-state index in [0.717, 1.165) is 12.8 Å². The standard InChI is InChI=1S/C29H28Cl2N2O5S/c1-5-7-13-37-22-11-9-19(14-23(22)36-4)26-25(28(35)38-12-6-2)17(3)32-29-33(26)27(34)24(39-29)15-18-8-10-20(30)16-21(18)31/h6,8-11,14-16,26H,2,5,7,12-13H2,1,3-4H3. The molecule has 2 heterocycles. The van der Waals surface area contributed by atoms with Crippen LogP contribution in [0.25, 0.3) is 6.08 Å². The molecule has 1 aliphatic heterocycles. The number of rotatable bonds is 10. The Morgan fingerprint density at radius 1 is 1.21 bits per heavy atom. The number of nitrogens with zero attached hydrogens (tertiary/aromatic N) is 2. The monoisotopic (exact) mass is 586 g/mol. The number of carbonyl (C=O) groups is 1. The summed E-state index contributed by atoms with van der Waals surface area (Å²) < 4.78 is 18.8. The molecule has 2 aromatic carbocycles. The second-order valence-electron chi connectivity index (χ2n) is 8.75. The highest BCUT2D eigenvalue weighted by Gasteiger charge is 2.34.